The number of carboxylic acid groups (broad SMARTS) is 1. The SMILES string of the molecule is O=C(O)C(F)(F)F.O=C1CCC(NC(=O)c2ccc(N3CCNCC3)cn2)C(=O)N1. The first-order chi connectivity index (χ1) is 14.1. The number of aliphatic carboxylic acids is 1. The van der Waals surface area contributed by atoms with E-state index in [1.54, 1.807) is 12.3 Å². The van der Waals surface area contributed by atoms with E-state index < -0.39 is 30.0 Å². The smallest absolute Gasteiger partial charge is 0.475 e. The molecule has 1 aromatic rings. The van der Waals surface area contributed by atoms with Gasteiger partial charge < -0.3 is 20.6 Å². The standard InChI is InChI=1S/C15H19N5O3.C2HF3O2/c21-13-4-3-12(15(23)19-13)18-14(22)11-2-1-10(9-17-11)20-7-5-16-6-8-20;3-2(4,5)1(6)7/h1-2,9,12,16H,3-8H2,(H,18,22)(H,19,21,23);(H,6,7). The monoisotopic (exact) mass is 431 g/mol. The lowest BCUT2D eigenvalue weighted by Gasteiger charge is -2.29. The predicted octanol–water partition coefficient (Wildman–Crippen LogP) is -0.340. The van der Waals surface area contributed by atoms with E-state index in [4.69, 9.17) is 9.90 Å². The summed E-state index contributed by atoms with van der Waals surface area (Å²) in [5.41, 5.74) is 1.23. The number of carbonyl (C=O) groups is 4. The molecule has 164 valence electrons. The topological polar surface area (TPSA) is 141 Å². The Bertz CT molecular complexity index is 794. The minimum Gasteiger partial charge on any atom is -0.475 e. The zero-order valence-corrected chi connectivity index (χ0v) is 15.7. The minimum atomic E-state index is -5.08. The first-order valence-corrected chi connectivity index (χ1v) is 8.94. The molecule has 0 spiro atoms. The van der Waals surface area contributed by atoms with E-state index in [-0.39, 0.29) is 18.0 Å². The van der Waals surface area contributed by atoms with Gasteiger partial charge in [0.05, 0.1) is 11.9 Å². The average molecular weight is 431 g/mol. The molecule has 0 aliphatic carbocycles. The maximum atomic E-state index is 12.2. The molecular formula is C17H20F3N5O5. The molecule has 4 N–H and O–H groups in total. The van der Waals surface area contributed by atoms with Gasteiger partial charge in [-0.25, -0.2) is 9.78 Å². The summed E-state index contributed by atoms with van der Waals surface area (Å²) < 4.78 is 31.7. The van der Waals surface area contributed by atoms with Crippen molar-refractivity contribution >= 4 is 29.4 Å². The van der Waals surface area contributed by atoms with Crippen molar-refractivity contribution in [2.24, 2.45) is 0 Å². The Morgan fingerprint density at radius 3 is 2.33 bits per heavy atom. The molecule has 3 amide bonds. The Morgan fingerprint density at radius 2 is 1.83 bits per heavy atom. The van der Waals surface area contributed by atoms with Crippen LogP contribution in [0.5, 0.6) is 0 Å². The van der Waals surface area contributed by atoms with E-state index in [9.17, 15) is 27.6 Å². The van der Waals surface area contributed by atoms with Crippen LogP contribution in [-0.4, -0.2) is 72.2 Å². The van der Waals surface area contributed by atoms with E-state index in [0.29, 0.717) is 6.42 Å². The molecule has 2 aliphatic rings. The number of imide groups is 1. The molecule has 0 aromatic carbocycles. The molecule has 2 fully saturated rings. The molecule has 2 saturated heterocycles. The molecule has 30 heavy (non-hydrogen) atoms. The fourth-order valence-corrected chi connectivity index (χ4v) is 2.69. The number of nitrogens with one attached hydrogen (secondary N) is 3. The van der Waals surface area contributed by atoms with Crippen LogP contribution in [0.2, 0.25) is 0 Å². The van der Waals surface area contributed by atoms with Crippen molar-refractivity contribution in [3.05, 3.63) is 24.0 Å². The number of pyridine rings is 1. The maximum Gasteiger partial charge on any atom is 0.490 e. The molecule has 1 unspecified atom stereocenters. The Labute approximate surface area is 168 Å². The molecule has 1 atom stereocenters. The highest BCUT2D eigenvalue weighted by atomic mass is 19.4. The van der Waals surface area contributed by atoms with Crippen LogP contribution in [0, 0.1) is 0 Å². The van der Waals surface area contributed by atoms with Gasteiger partial charge >= 0.3 is 12.1 Å². The van der Waals surface area contributed by atoms with Crippen LogP contribution >= 0.6 is 0 Å². The van der Waals surface area contributed by atoms with Crippen LogP contribution in [-0.2, 0) is 14.4 Å². The van der Waals surface area contributed by atoms with Crippen molar-refractivity contribution in [3.8, 4) is 0 Å². The summed E-state index contributed by atoms with van der Waals surface area (Å²) >= 11 is 0. The highest BCUT2D eigenvalue weighted by Gasteiger charge is 2.38. The second kappa shape index (κ2) is 10.0. The van der Waals surface area contributed by atoms with Crippen LogP contribution < -0.4 is 20.9 Å². The summed E-state index contributed by atoms with van der Waals surface area (Å²) in [5, 5.41) is 15.2. The largest absolute Gasteiger partial charge is 0.490 e. The van der Waals surface area contributed by atoms with Gasteiger partial charge in [-0.2, -0.15) is 13.2 Å². The lowest BCUT2D eigenvalue weighted by Crippen LogP contribution is -2.52. The van der Waals surface area contributed by atoms with Gasteiger partial charge in [-0.05, 0) is 18.6 Å². The van der Waals surface area contributed by atoms with Crippen molar-refractivity contribution in [1.29, 1.82) is 0 Å². The number of piperazine rings is 1. The van der Waals surface area contributed by atoms with Crippen molar-refractivity contribution in [3.63, 3.8) is 0 Å². The Morgan fingerprint density at radius 1 is 1.20 bits per heavy atom. The highest BCUT2D eigenvalue weighted by molar-refractivity contribution is 6.03. The summed E-state index contributed by atoms with van der Waals surface area (Å²) in [6.07, 6.45) is -2.87. The second-order valence-electron chi connectivity index (χ2n) is 6.42. The van der Waals surface area contributed by atoms with Gasteiger partial charge in [0, 0.05) is 32.6 Å². The number of hydrogen-bond acceptors (Lipinski definition) is 7. The number of carbonyl (C=O) groups excluding carboxylic acids is 3. The predicted molar refractivity (Wildman–Crippen MR) is 96.6 cm³/mol. The van der Waals surface area contributed by atoms with Gasteiger partial charge in [0.15, 0.2) is 0 Å². The molecule has 0 radical (unpaired) electrons. The van der Waals surface area contributed by atoms with E-state index in [0.717, 1.165) is 31.9 Å². The number of anilines is 1. The third-order valence-electron chi connectivity index (χ3n) is 4.25. The van der Waals surface area contributed by atoms with Crippen LogP contribution in [0.3, 0.4) is 0 Å². The number of nitrogens with zero attached hydrogens (tertiary/aromatic N) is 2. The summed E-state index contributed by atoms with van der Waals surface area (Å²) in [4.78, 5) is 50.2. The van der Waals surface area contributed by atoms with E-state index in [1.807, 2.05) is 6.07 Å². The van der Waals surface area contributed by atoms with E-state index >= 15 is 0 Å². The minimum absolute atomic E-state index is 0.228. The van der Waals surface area contributed by atoms with E-state index in [1.165, 1.54) is 0 Å². The van der Waals surface area contributed by atoms with Gasteiger partial charge in [-0.1, -0.05) is 0 Å². The molecule has 0 saturated carbocycles. The number of aromatic nitrogens is 1. The summed E-state index contributed by atoms with van der Waals surface area (Å²) in [7, 11) is 0. The van der Waals surface area contributed by atoms with Crippen LogP contribution in [0.25, 0.3) is 0 Å². The third kappa shape index (κ3) is 6.69. The first-order valence-electron chi connectivity index (χ1n) is 8.94. The zero-order chi connectivity index (χ0) is 22.3. The van der Waals surface area contributed by atoms with Gasteiger partial charge in [-0.3, -0.25) is 19.7 Å². The molecule has 0 bridgehead atoms. The Hall–Kier alpha value is -3.22. The molecule has 10 nitrogen and oxygen atoms in total. The molecule has 13 heteroatoms. The summed E-state index contributed by atoms with van der Waals surface area (Å²) in [6, 6.07) is 2.82. The average Bonchev–Trinajstić information content (AvgIpc) is 2.70. The second-order valence-corrected chi connectivity index (χ2v) is 6.42. The Kier molecular flexibility index (Phi) is 7.69. The Balaban J connectivity index is 0.000000396. The molecule has 2 aliphatic heterocycles. The first kappa shape index (κ1) is 23.1. The highest BCUT2D eigenvalue weighted by Crippen LogP contribution is 2.14. The number of alkyl halides is 3. The van der Waals surface area contributed by atoms with Crippen LogP contribution in [0.1, 0.15) is 23.3 Å². The van der Waals surface area contributed by atoms with Crippen molar-refractivity contribution in [1.82, 2.24) is 20.9 Å². The van der Waals surface area contributed by atoms with Crippen molar-refractivity contribution < 1.29 is 37.5 Å². The van der Waals surface area contributed by atoms with Gasteiger partial charge in [0.1, 0.15) is 11.7 Å². The normalized spacial score (nSPS) is 19.3. The molecular weight excluding hydrogens is 411 g/mol. The summed E-state index contributed by atoms with van der Waals surface area (Å²) in [6.45, 7) is 3.67. The third-order valence-corrected chi connectivity index (χ3v) is 4.25. The van der Waals surface area contributed by atoms with Crippen molar-refractivity contribution in [2.75, 3.05) is 31.1 Å². The van der Waals surface area contributed by atoms with Crippen molar-refractivity contribution in [2.45, 2.75) is 25.1 Å². The molecule has 1 aromatic heterocycles. The molecule has 3 heterocycles. The molecule has 3 rings (SSSR count). The van der Waals surface area contributed by atoms with Gasteiger partial charge in [0.2, 0.25) is 11.8 Å². The van der Waals surface area contributed by atoms with Gasteiger partial charge in [0.25, 0.3) is 5.91 Å². The fourth-order valence-electron chi connectivity index (χ4n) is 2.69. The van der Waals surface area contributed by atoms with Crippen LogP contribution in [0.4, 0.5) is 18.9 Å². The summed E-state index contributed by atoms with van der Waals surface area (Å²) in [5.74, 6) is -3.94. The number of hydrogen-bond donors (Lipinski definition) is 4. The number of amides is 3. The number of carboxylic acids is 1. The van der Waals surface area contributed by atoms with Gasteiger partial charge in [-0.15, -0.1) is 0 Å². The lowest BCUT2D eigenvalue weighted by molar-refractivity contribution is -0.192. The zero-order valence-electron chi connectivity index (χ0n) is 15.7. The quantitative estimate of drug-likeness (QED) is 0.477. The lowest BCUT2D eigenvalue weighted by atomic mass is 10.1. The van der Waals surface area contributed by atoms with Crippen LogP contribution in [0.15, 0.2) is 18.3 Å². The number of rotatable bonds is 3. The number of piperidine rings is 1. The van der Waals surface area contributed by atoms with E-state index in [2.05, 4.69) is 25.8 Å². The fraction of sp³-hybridized carbons (Fsp3) is 0.471. The number of halogens is 3. The maximum absolute atomic E-state index is 12.2.